The van der Waals surface area contributed by atoms with E-state index in [1.807, 2.05) is 18.2 Å². The Bertz CT molecular complexity index is 600. The van der Waals surface area contributed by atoms with Crippen LogP contribution in [0, 0.1) is 0 Å². The molecule has 0 bridgehead atoms. The molecule has 1 amide bonds. The molecule has 5 nitrogen and oxygen atoms in total. The van der Waals surface area contributed by atoms with Crippen molar-refractivity contribution in [1.82, 2.24) is 4.98 Å². The zero-order chi connectivity index (χ0) is 13.9. The lowest BCUT2D eigenvalue weighted by molar-refractivity contribution is 0.1000. The molecule has 1 atom stereocenters. The van der Waals surface area contributed by atoms with Crippen LogP contribution in [-0.2, 0) is 6.42 Å². The van der Waals surface area contributed by atoms with Crippen LogP contribution in [0.4, 0.5) is 5.82 Å². The molecule has 0 spiro atoms. The number of nitrogens with zero attached hydrogens (tertiary/aromatic N) is 1. The van der Waals surface area contributed by atoms with Crippen molar-refractivity contribution >= 4 is 11.7 Å². The Morgan fingerprint density at radius 3 is 2.90 bits per heavy atom. The van der Waals surface area contributed by atoms with E-state index in [1.165, 1.54) is 11.8 Å². The first kappa shape index (κ1) is 12.5. The molecule has 1 aromatic heterocycles. The van der Waals surface area contributed by atoms with Crippen LogP contribution in [0.5, 0.6) is 5.75 Å². The summed E-state index contributed by atoms with van der Waals surface area (Å²) in [6.45, 7) is 0.664. The molecular weight excluding hydrogens is 254 g/mol. The van der Waals surface area contributed by atoms with Gasteiger partial charge in [-0.2, -0.15) is 0 Å². The molecule has 0 fully saturated rings. The molecule has 2 aromatic rings. The standard InChI is InChI=1S/C15H15N3O2/c16-15(19)11-5-6-14(17-8-11)18-9-12-7-10-3-1-2-4-13(10)20-12/h1-6,8,12H,7,9H2,(H2,16,19)(H,17,18). The number of carbonyl (C=O) groups excluding carboxylic acids is 1. The molecule has 0 radical (unpaired) electrons. The number of primary amides is 1. The Balaban J connectivity index is 1.57. The van der Waals surface area contributed by atoms with Gasteiger partial charge in [-0.3, -0.25) is 4.79 Å². The van der Waals surface area contributed by atoms with E-state index < -0.39 is 5.91 Å². The summed E-state index contributed by atoms with van der Waals surface area (Å²) in [4.78, 5) is 15.1. The van der Waals surface area contributed by atoms with Crippen molar-refractivity contribution < 1.29 is 9.53 Å². The normalized spacial score (nSPS) is 16.3. The van der Waals surface area contributed by atoms with Gasteiger partial charge in [-0.05, 0) is 23.8 Å². The van der Waals surface area contributed by atoms with Gasteiger partial charge >= 0.3 is 0 Å². The summed E-state index contributed by atoms with van der Waals surface area (Å²) in [5.41, 5.74) is 6.80. The van der Waals surface area contributed by atoms with Gasteiger partial charge in [0.25, 0.3) is 0 Å². The monoisotopic (exact) mass is 269 g/mol. The Hall–Kier alpha value is -2.56. The van der Waals surface area contributed by atoms with E-state index in [4.69, 9.17) is 10.5 Å². The second-order valence-electron chi connectivity index (χ2n) is 4.73. The number of pyridine rings is 1. The quantitative estimate of drug-likeness (QED) is 0.883. The Morgan fingerprint density at radius 1 is 1.35 bits per heavy atom. The summed E-state index contributed by atoms with van der Waals surface area (Å²) in [5.74, 6) is 1.18. The first-order chi connectivity index (χ1) is 9.72. The van der Waals surface area contributed by atoms with E-state index in [1.54, 1.807) is 12.1 Å². The number of fused-ring (bicyclic) bond motifs is 1. The van der Waals surface area contributed by atoms with Crippen molar-refractivity contribution in [3.05, 3.63) is 53.7 Å². The highest BCUT2D eigenvalue weighted by Crippen LogP contribution is 2.28. The van der Waals surface area contributed by atoms with Gasteiger partial charge in [0.1, 0.15) is 17.7 Å². The average molecular weight is 269 g/mol. The van der Waals surface area contributed by atoms with Crippen molar-refractivity contribution in [1.29, 1.82) is 0 Å². The molecule has 1 aliphatic heterocycles. The number of amides is 1. The number of nitrogens with one attached hydrogen (secondary N) is 1. The van der Waals surface area contributed by atoms with Crippen LogP contribution in [0.3, 0.4) is 0 Å². The second kappa shape index (κ2) is 5.21. The number of hydrogen-bond acceptors (Lipinski definition) is 4. The van der Waals surface area contributed by atoms with Gasteiger partial charge in [-0.15, -0.1) is 0 Å². The molecule has 0 saturated heterocycles. The van der Waals surface area contributed by atoms with E-state index in [0.29, 0.717) is 17.9 Å². The number of hydrogen-bond donors (Lipinski definition) is 2. The minimum atomic E-state index is -0.473. The molecule has 2 heterocycles. The number of aromatic nitrogens is 1. The molecule has 20 heavy (non-hydrogen) atoms. The number of nitrogens with two attached hydrogens (primary N) is 1. The van der Waals surface area contributed by atoms with Gasteiger partial charge in [-0.25, -0.2) is 4.98 Å². The average Bonchev–Trinajstić information content (AvgIpc) is 2.88. The van der Waals surface area contributed by atoms with Crippen molar-refractivity contribution in [2.75, 3.05) is 11.9 Å². The van der Waals surface area contributed by atoms with Gasteiger partial charge in [0.2, 0.25) is 5.91 Å². The van der Waals surface area contributed by atoms with Crippen molar-refractivity contribution in [3.63, 3.8) is 0 Å². The number of rotatable bonds is 4. The van der Waals surface area contributed by atoms with Crippen molar-refractivity contribution in [3.8, 4) is 5.75 Å². The smallest absolute Gasteiger partial charge is 0.250 e. The van der Waals surface area contributed by atoms with Crippen molar-refractivity contribution in [2.45, 2.75) is 12.5 Å². The molecule has 1 unspecified atom stereocenters. The summed E-state index contributed by atoms with van der Waals surface area (Å²) in [5, 5.41) is 3.20. The second-order valence-corrected chi connectivity index (χ2v) is 4.73. The zero-order valence-electron chi connectivity index (χ0n) is 10.9. The third-order valence-electron chi connectivity index (χ3n) is 3.27. The van der Waals surface area contributed by atoms with Crippen LogP contribution in [0.1, 0.15) is 15.9 Å². The number of benzene rings is 1. The van der Waals surface area contributed by atoms with Gasteiger partial charge in [0.05, 0.1) is 12.1 Å². The fraction of sp³-hybridized carbons (Fsp3) is 0.200. The third-order valence-corrected chi connectivity index (χ3v) is 3.27. The van der Waals surface area contributed by atoms with E-state index in [0.717, 1.165) is 12.2 Å². The van der Waals surface area contributed by atoms with Crippen LogP contribution >= 0.6 is 0 Å². The van der Waals surface area contributed by atoms with Gasteiger partial charge < -0.3 is 15.8 Å². The number of anilines is 1. The van der Waals surface area contributed by atoms with Crippen LogP contribution in [0.2, 0.25) is 0 Å². The maximum atomic E-state index is 10.9. The lowest BCUT2D eigenvalue weighted by Gasteiger charge is -2.12. The summed E-state index contributed by atoms with van der Waals surface area (Å²) < 4.78 is 5.83. The SMILES string of the molecule is NC(=O)c1ccc(NCC2Cc3ccccc3O2)nc1. The largest absolute Gasteiger partial charge is 0.488 e. The molecule has 3 rings (SSSR count). The summed E-state index contributed by atoms with van der Waals surface area (Å²) in [7, 11) is 0. The highest BCUT2D eigenvalue weighted by molar-refractivity contribution is 5.92. The molecule has 0 aliphatic carbocycles. The topological polar surface area (TPSA) is 77.2 Å². The van der Waals surface area contributed by atoms with Gasteiger partial charge in [0, 0.05) is 12.6 Å². The number of para-hydroxylation sites is 1. The predicted molar refractivity (Wildman–Crippen MR) is 75.8 cm³/mol. The van der Waals surface area contributed by atoms with Crippen LogP contribution < -0.4 is 15.8 Å². The Kier molecular flexibility index (Phi) is 3.25. The molecule has 0 saturated carbocycles. The van der Waals surface area contributed by atoms with Crippen LogP contribution in [0.25, 0.3) is 0 Å². The Morgan fingerprint density at radius 2 is 2.20 bits per heavy atom. The first-order valence-electron chi connectivity index (χ1n) is 6.46. The minimum Gasteiger partial charge on any atom is -0.488 e. The fourth-order valence-corrected chi connectivity index (χ4v) is 2.23. The molecular formula is C15H15N3O2. The molecule has 102 valence electrons. The predicted octanol–water partition coefficient (Wildman–Crippen LogP) is 1.60. The molecule has 1 aliphatic rings. The zero-order valence-corrected chi connectivity index (χ0v) is 10.9. The summed E-state index contributed by atoms with van der Waals surface area (Å²) >= 11 is 0. The van der Waals surface area contributed by atoms with Gasteiger partial charge in [0.15, 0.2) is 0 Å². The maximum absolute atomic E-state index is 10.9. The summed E-state index contributed by atoms with van der Waals surface area (Å²) in [6, 6.07) is 11.4. The van der Waals surface area contributed by atoms with Crippen LogP contribution in [0.15, 0.2) is 42.6 Å². The lowest BCUT2D eigenvalue weighted by atomic mass is 10.1. The van der Waals surface area contributed by atoms with E-state index in [-0.39, 0.29) is 6.10 Å². The van der Waals surface area contributed by atoms with Gasteiger partial charge in [-0.1, -0.05) is 18.2 Å². The van der Waals surface area contributed by atoms with E-state index in [9.17, 15) is 4.79 Å². The van der Waals surface area contributed by atoms with E-state index >= 15 is 0 Å². The van der Waals surface area contributed by atoms with Crippen LogP contribution in [-0.4, -0.2) is 23.5 Å². The lowest BCUT2D eigenvalue weighted by Crippen LogP contribution is -2.24. The summed E-state index contributed by atoms with van der Waals surface area (Å²) in [6.07, 6.45) is 2.46. The highest BCUT2D eigenvalue weighted by Gasteiger charge is 2.21. The molecule has 1 aromatic carbocycles. The minimum absolute atomic E-state index is 0.102. The van der Waals surface area contributed by atoms with Crippen molar-refractivity contribution in [2.24, 2.45) is 5.73 Å². The maximum Gasteiger partial charge on any atom is 0.250 e. The third kappa shape index (κ3) is 2.56. The highest BCUT2D eigenvalue weighted by atomic mass is 16.5. The fourth-order valence-electron chi connectivity index (χ4n) is 2.23. The first-order valence-corrected chi connectivity index (χ1v) is 6.46. The van der Waals surface area contributed by atoms with E-state index in [2.05, 4.69) is 16.4 Å². The number of carbonyl (C=O) groups is 1. The molecule has 3 N–H and O–H groups in total. The molecule has 5 heteroatoms. The number of ether oxygens (including phenoxy) is 1. The Labute approximate surface area is 116 Å².